The summed E-state index contributed by atoms with van der Waals surface area (Å²) in [5.74, 6) is 0. The van der Waals surface area contributed by atoms with E-state index in [0.717, 1.165) is 6.07 Å². The van der Waals surface area contributed by atoms with E-state index >= 15 is 0 Å². The molecular weight excluding hydrogens is 251 g/mol. The van der Waals surface area contributed by atoms with E-state index in [1.165, 1.54) is 10.6 Å². The van der Waals surface area contributed by atoms with Crippen molar-refractivity contribution in [3.05, 3.63) is 34.9 Å². The second kappa shape index (κ2) is 4.53. The van der Waals surface area contributed by atoms with Crippen molar-refractivity contribution in [2.45, 2.75) is 13.1 Å². The van der Waals surface area contributed by atoms with Crippen molar-refractivity contribution in [1.29, 1.82) is 0 Å². The fourth-order valence-corrected chi connectivity index (χ4v) is 1.72. The van der Waals surface area contributed by atoms with E-state index in [0.29, 0.717) is 11.3 Å². The molecule has 0 saturated heterocycles. The quantitative estimate of drug-likeness (QED) is 0.550. The van der Waals surface area contributed by atoms with Crippen molar-refractivity contribution in [1.82, 2.24) is 0 Å². The summed E-state index contributed by atoms with van der Waals surface area (Å²) in [6, 6.07) is 2.51. The van der Waals surface area contributed by atoms with E-state index in [9.17, 15) is 13.2 Å². The molecular formula is C12H12ClF3N+. The first kappa shape index (κ1) is 13.8. The van der Waals surface area contributed by atoms with E-state index in [4.69, 9.17) is 11.6 Å². The Morgan fingerprint density at radius 3 is 2.24 bits per heavy atom. The SMILES string of the molecule is C=C(C)c1cc([N+](=C)C)cc(C(F)(F)F)c1Cl. The van der Waals surface area contributed by atoms with Crippen LogP contribution >= 0.6 is 11.6 Å². The van der Waals surface area contributed by atoms with Crippen LogP contribution in [0.5, 0.6) is 0 Å². The maximum atomic E-state index is 12.8. The van der Waals surface area contributed by atoms with Gasteiger partial charge in [0.1, 0.15) is 13.8 Å². The minimum absolute atomic E-state index is 0.284. The van der Waals surface area contributed by atoms with Crippen LogP contribution in [0, 0.1) is 0 Å². The van der Waals surface area contributed by atoms with E-state index < -0.39 is 11.7 Å². The molecule has 1 aromatic rings. The van der Waals surface area contributed by atoms with Gasteiger partial charge in [-0.1, -0.05) is 18.2 Å². The first-order valence-electron chi connectivity index (χ1n) is 4.75. The largest absolute Gasteiger partial charge is 0.418 e. The fraction of sp³-hybridized carbons (Fsp3) is 0.250. The van der Waals surface area contributed by atoms with Gasteiger partial charge in [-0.25, -0.2) is 4.58 Å². The first-order chi connectivity index (χ1) is 7.64. The third kappa shape index (κ3) is 2.88. The van der Waals surface area contributed by atoms with Gasteiger partial charge >= 0.3 is 6.18 Å². The Kier molecular flexibility index (Phi) is 3.67. The molecule has 0 aliphatic carbocycles. The average molecular weight is 263 g/mol. The van der Waals surface area contributed by atoms with Crippen molar-refractivity contribution in [3.8, 4) is 0 Å². The summed E-state index contributed by atoms with van der Waals surface area (Å²) in [5.41, 5.74) is 0.223. The van der Waals surface area contributed by atoms with Crippen LogP contribution in [-0.4, -0.2) is 18.3 Å². The number of allylic oxidation sites excluding steroid dienone is 1. The van der Waals surface area contributed by atoms with Crippen molar-refractivity contribution >= 4 is 29.6 Å². The molecule has 0 heterocycles. The molecule has 17 heavy (non-hydrogen) atoms. The van der Waals surface area contributed by atoms with Gasteiger partial charge in [0.05, 0.1) is 10.6 Å². The van der Waals surface area contributed by atoms with Gasteiger partial charge in [-0.2, -0.15) is 13.2 Å². The lowest BCUT2D eigenvalue weighted by molar-refractivity contribution is -0.394. The van der Waals surface area contributed by atoms with Crippen molar-refractivity contribution in [3.63, 3.8) is 0 Å². The lowest BCUT2D eigenvalue weighted by Crippen LogP contribution is -2.08. The minimum atomic E-state index is -4.49. The van der Waals surface area contributed by atoms with Gasteiger partial charge < -0.3 is 0 Å². The molecule has 0 bridgehead atoms. The summed E-state index contributed by atoms with van der Waals surface area (Å²) in [6.07, 6.45) is -4.49. The minimum Gasteiger partial charge on any atom is -0.208 e. The fourth-order valence-electron chi connectivity index (χ4n) is 1.35. The molecule has 1 nitrogen and oxygen atoms in total. The van der Waals surface area contributed by atoms with Gasteiger partial charge in [0.25, 0.3) is 0 Å². The van der Waals surface area contributed by atoms with E-state index in [-0.39, 0.29) is 10.6 Å². The molecule has 0 saturated carbocycles. The molecule has 0 atom stereocenters. The molecule has 0 aromatic heterocycles. The molecule has 0 aliphatic heterocycles. The third-order valence-electron chi connectivity index (χ3n) is 2.26. The van der Waals surface area contributed by atoms with Crippen LogP contribution in [0.2, 0.25) is 5.02 Å². The second-order valence-corrected chi connectivity index (χ2v) is 4.21. The van der Waals surface area contributed by atoms with Gasteiger partial charge in [0.15, 0.2) is 0 Å². The molecule has 1 rings (SSSR count). The van der Waals surface area contributed by atoms with Crippen LogP contribution in [0.4, 0.5) is 18.9 Å². The van der Waals surface area contributed by atoms with Crippen molar-refractivity contribution in [2.75, 3.05) is 7.05 Å². The highest BCUT2D eigenvalue weighted by molar-refractivity contribution is 6.33. The zero-order chi connectivity index (χ0) is 13.4. The maximum Gasteiger partial charge on any atom is 0.418 e. The predicted molar refractivity (Wildman–Crippen MR) is 64.1 cm³/mol. The normalized spacial score (nSPS) is 11.4. The summed E-state index contributed by atoms with van der Waals surface area (Å²) < 4.78 is 39.7. The molecule has 92 valence electrons. The van der Waals surface area contributed by atoms with E-state index in [2.05, 4.69) is 13.3 Å². The third-order valence-corrected chi connectivity index (χ3v) is 2.67. The van der Waals surface area contributed by atoms with Gasteiger partial charge in [-0.15, -0.1) is 0 Å². The Hall–Kier alpha value is -1.29. The maximum absolute atomic E-state index is 12.8. The first-order valence-corrected chi connectivity index (χ1v) is 5.13. The Morgan fingerprint density at radius 2 is 1.88 bits per heavy atom. The molecule has 0 aliphatic rings. The van der Waals surface area contributed by atoms with E-state index in [1.54, 1.807) is 14.0 Å². The highest BCUT2D eigenvalue weighted by atomic mass is 35.5. The van der Waals surface area contributed by atoms with Gasteiger partial charge in [-0.3, -0.25) is 0 Å². The standard InChI is InChI=1S/C12H12ClF3N/c1-7(2)9-5-8(17(3)4)6-10(11(9)13)12(14,15)16/h5-6H,1,3H2,2,4H3/q+1. The smallest absolute Gasteiger partial charge is 0.208 e. The zero-order valence-corrected chi connectivity index (χ0v) is 10.3. The summed E-state index contributed by atoms with van der Waals surface area (Å²) in [6.45, 7) is 8.78. The molecule has 0 N–H and O–H groups in total. The van der Waals surface area contributed by atoms with Crippen molar-refractivity contribution < 1.29 is 17.7 Å². The number of hydrogen-bond acceptors (Lipinski definition) is 0. The molecule has 0 spiro atoms. The van der Waals surface area contributed by atoms with Crippen LogP contribution in [0.3, 0.4) is 0 Å². The number of halogens is 4. The Balaban J connectivity index is 3.60. The van der Waals surface area contributed by atoms with Crippen LogP contribution < -0.4 is 0 Å². The number of rotatable bonds is 2. The van der Waals surface area contributed by atoms with Crippen molar-refractivity contribution in [2.24, 2.45) is 0 Å². The highest BCUT2D eigenvalue weighted by Crippen LogP contribution is 2.40. The van der Waals surface area contributed by atoms with Crippen LogP contribution in [0.1, 0.15) is 18.1 Å². The van der Waals surface area contributed by atoms with Crippen LogP contribution in [-0.2, 0) is 6.18 Å². The van der Waals surface area contributed by atoms with E-state index in [1.807, 2.05) is 0 Å². The van der Waals surface area contributed by atoms with Crippen LogP contribution in [0.15, 0.2) is 18.7 Å². The molecule has 0 amide bonds. The summed E-state index contributed by atoms with van der Waals surface area (Å²) in [7, 11) is 1.56. The molecule has 0 fully saturated rings. The summed E-state index contributed by atoms with van der Waals surface area (Å²) in [4.78, 5) is 0. The number of nitrogens with zero attached hydrogens (tertiary/aromatic N) is 1. The monoisotopic (exact) mass is 262 g/mol. The Morgan fingerprint density at radius 1 is 1.35 bits per heavy atom. The zero-order valence-electron chi connectivity index (χ0n) is 9.53. The Bertz CT molecular complexity index is 489. The number of benzene rings is 1. The second-order valence-electron chi connectivity index (χ2n) is 3.83. The lowest BCUT2D eigenvalue weighted by atomic mass is 10.0. The highest BCUT2D eigenvalue weighted by Gasteiger charge is 2.35. The number of hydrogen-bond donors (Lipinski definition) is 0. The molecule has 1 aromatic carbocycles. The number of alkyl halides is 3. The predicted octanol–water partition coefficient (Wildman–Crippen LogP) is 4.37. The van der Waals surface area contributed by atoms with Gasteiger partial charge in [-0.05, 0) is 12.5 Å². The topological polar surface area (TPSA) is 3.01 Å². The lowest BCUT2D eigenvalue weighted by Gasteiger charge is -2.13. The van der Waals surface area contributed by atoms with Crippen LogP contribution in [0.25, 0.3) is 5.57 Å². The van der Waals surface area contributed by atoms with Gasteiger partial charge in [0, 0.05) is 17.7 Å². The molecule has 5 heteroatoms. The Labute approximate surface area is 103 Å². The summed E-state index contributed by atoms with van der Waals surface area (Å²) >= 11 is 5.75. The van der Waals surface area contributed by atoms with Gasteiger partial charge in [0.2, 0.25) is 5.69 Å². The average Bonchev–Trinajstić information content (AvgIpc) is 2.15. The molecule has 0 radical (unpaired) electrons. The summed E-state index contributed by atoms with van der Waals surface area (Å²) in [5, 5.41) is -0.324. The molecule has 0 unspecified atom stereocenters.